The average Bonchev–Trinajstić information content (AvgIpc) is 3.51. The van der Waals surface area contributed by atoms with Crippen LogP contribution in [0.2, 0.25) is 0 Å². The second-order valence-electron chi connectivity index (χ2n) is 10.4. The van der Waals surface area contributed by atoms with Gasteiger partial charge in [0.15, 0.2) is 6.29 Å². The molecule has 2 aromatic carbocycles. The summed E-state index contributed by atoms with van der Waals surface area (Å²) in [5.41, 5.74) is 4.16. The van der Waals surface area contributed by atoms with Gasteiger partial charge in [-0.15, -0.1) is 0 Å². The van der Waals surface area contributed by atoms with E-state index in [1.807, 2.05) is 6.07 Å². The van der Waals surface area contributed by atoms with Crippen molar-refractivity contribution < 1.29 is 4.79 Å². The van der Waals surface area contributed by atoms with E-state index in [0.29, 0.717) is 0 Å². The third-order valence-electron chi connectivity index (χ3n) is 10.1. The molecule has 27 heavy (non-hydrogen) atoms. The molecule has 10 atom stereocenters. The summed E-state index contributed by atoms with van der Waals surface area (Å²) in [5, 5.41) is 2.56. The van der Waals surface area contributed by atoms with E-state index in [9.17, 15) is 4.79 Å². The summed E-state index contributed by atoms with van der Waals surface area (Å²) in [5.74, 6) is 9.32. The first kappa shape index (κ1) is 14.2. The van der Waals surface area contributed by atoms with E-state index in [1.54, 1.807) is 11.1 Å². The molecule has 0 N–H and O–H groups in total. The first-order valence-electron chi connectivity index (χ1n) is 11.0. The number of carbonyl (C=O) groups excluding carboxylic acids is 1. The van der Waals surface area contributed by atoms with Gasteiger partial charge in [0.05, 0.1) is 0 Å². The lowest BCUT2D eigenvalue weighted by molar-refractivity contribution is 0.0885. The maximum Gasteiger partial charge on any atom is 0.150 e. The van der Waals surface area contributed by atoms with Crippen LogP contribution in [0.25, 0.3) is 10.8 Å². The molecular weight excluding hydrogens is 328 g/mol. The predicted molar refractivity (Wildman–Crippen MR) is 106 cm³/mol. The van der Waals surface area contributed by atoms with Crippen LogP contribution >= 0.6 is 0 Å². The Morgan fingerprint density at radius 1 is 0.741 bits per heavy atom. The van der Waals surface area contributed by atoms with E-state index in [4.69, 9.17) is 0 Å². The summed E-state index contributed by atoms with van der Waals surface area (Å²) in [7, 11) is 0. The topological polar surface area (TPSA) is 17.1 Å². The van der Waals surface area contributed by atoms with E-state index in [-0.39, 0.29) is 0 Å². The van der Waals surface area contributed by atoms with Crippen molar-refractivity contribution in [2.45, 2.75) is 31.1 Å². The number of hydrogen-bond acceptors (Lipinski definition) is 1. The molecule has 10 unspecified atom stereocenters. The lowest BCUT2D eigenvalue weighted by Crippen LogP contribution is -2.39. The highest BCUT2D eigenvalue weighted by molar-refractivity contribution is 6.00. The molecule has 0 amide bonds. The maximum atomic E-state index is 11.6. The molecule has 1 nitrogen and oxygen atoms in total. The number of fused-ring (bicyclic) bond motifs is 21. The van der Waals surface area contributed by atoms with E-state index in [1.165, 1.54) is 30.0 Å². The molecule has 0 saturated heterocycles. The zero-order valence-electron chi connectivity index (χ0n) is 15.4. The quantitative estimate of drug-likeness (QED) is 0.373. The fourth-order valence-electron chi connectivity index (χ4n) is 9.76. The van der Waals surface area contributed by atoms with Crippen molar-refractivity contribution in [1.82, 2.24) is 0 Å². The number of aldehydes is 1. The summed E-state index contributed by atoms with van der Waals surface area (Å²) < 4.78 is 0. The predicted octanol–water partition coefficient (Wildman–Crippen LogP) is 5.56. The van der Waals surface area contributed by atoms with Crippen LogP contribution in [0.15, 0.2) is 42.5 Å². The van der Waals surface area contributed by atoms with Crippen molar-refractivity contribution >= 4 is 17.1 Å². The van der Waals surface area contributed by atoms with Gasteiger partial charge in [0.2, 0.25) is 0 Å². The van der Waals surface area contributed by atoms with Crippen LogP contribution in [0, 0.1) is 47.3 Å². The smallest absolute Gasteiger partial charge is 0.150 e. The molecule has 4 fully saturated rings. The van der Waals surface area contributed by atoms with Gasteiger partial charge in [-0.25, -0.2) is 0 Å². The Balaban J connectivity index is 1.32. The Labute approximate surface area is 159 Å². The fraction of sp³-hybridized carbons (Fsp3) is 0.500. The van der Waals surface area contributed by atoms with Crippen LogP contribution in [-0.2, 0) is 0 Å². The van der Waals surface area contributed by atoms with Gasteiger partial charge in [-0.1, -0.05) is 42.5 Å². The molecule has 134 valence electrons. The molecule has 0 spiro atoms. The molecule has 0 aromatic heterocycles. The normalized spacial score (nSPS) is 49.0. The molecule has 0 aliphatic heterocycles. The van der Waals surface area contributed by atoms with E-state index < -0.39 is 0 Å². The largest absolute Gasteiger partial charge is 0.298 e. The highest BCUT2D eigenvalue weighted by Crippen LogP contribution is 2.78. The van der Waals surface area contributed by atoms with Crippen LogP contribution in [0.5, 0.6) is 0 Å². The maximum absolute atomic E-state index is 11.6. The van der Waals surface area contributed by atoms with Crippen molar-refractivity contribution in [3.05, 3.63) is 59.2 Å². The molecule has 4 saturated carbocycles. The second-order valence-corrected chi connectivity index (χ2v) is 10.4. The van der Waals surface area contributed by atoms with E-state index in [2.05, 4.69) is 36.4 Å². The minimum absolute atomic E-state index is 0.764. The van der Waals surface area contributed by atoms with Gasteiger partial charge in [-0.3, -0.25) is 4.79 Å². The first-order chi connectivity index (χ1) is 13.3. The molecule has 6 bridgehead atoms. The van der Waals surface area contributed by atoms with Crippen molar-refractivity contribution in [3.63, 3.8) is 0 Å². The summed E-state index contributed by atoms with van der Waals surface area (Å²) in [6.07, 6.45) is 10.6. The third kappa shape index (κ3) is 1.39. The van der Waals surface area contributed by atoms with Crippen LogP contribution in [0.3, 0.4) is 0 Å². The van der Waals surface area contributed by atoms with Gasteiger partial charge >= 0.3 is 0 Å². The van der Waals surface area contributed by atoms with E-state index >= 15 is 0 Å². The monoisotopic (exact) mass is 352 g/mol. The Kier molecular flexibility index (Phi) is 2.31. The SMILES string of the molecule is O=Cc1cccc2c3c(ccc12)C1CC3C2C3CC(C4C5C=CC(C5)C34)C12. The average molecular weight is 352 g/mol. The summed E-state index contributed by atoms with van der Waals surface area (Å²) in [6.45, 7) is 0. The summed E-state index contributed by atoms with van der Waals surface area (Å²) in [6, 6.07) is 11.0. The van der Waals surface area contributed by atoms with Crippen LogP contribution in [0.4, 0.5) is 0 Å². The van der Waals surface area contributed by atoms with E-state index in [0.717, 1.165) is 71.0 Å². The van der Waals surface area contributed by atoms with Gasteiger partial charge in [-0.2, -0.15) is 0 Å². The minimum atomic E-state index is 0.764. The summed E-state index contributed by atoms with van der Waals surface area (Å²) >= 11 is 0. The van der Waals surface area contributed by atoms with Gasteiger partial charge in [0.1, 0.15) is 0 Å². The Morgan fingerprint density at radius 3 is 2.30 bits per heavy atom. The molecule has 0 heterocycles. The lowest BCUT2D eigenvalue weighted by atomic mass is 9.60. The van der Waals surface area contributed by atoms with Crippen LogP contribution in [-0.4, -0.2) is 6.29 Å². The molecule has 8 rings (SSSR count). The summed E-state index contributed by atoms with van der Waals surface area (Å²) in [4.78, 5) is 11.6. The van der Waals surface area contributed by atoms with Gasteiger partial charge in [0, 0.05) is 5.56 Å². The molecular formula is C26H24O. The second kappa shape index (κ2) is 4.40. The fourth-order valence-corrected chi connectivity index (χ4v) is 9.76. The standard InChI is InChI=1S/C26H24O/c27-11-14-2-1-3-16-15(14)6-7-17-18-9-21(24(16)17)26-20-10-19(25(18)26)22-12-4-5-13(8-12)23(20)22/h1-7,11-13,18-23,25-26H,8-10H2. The van der Waals surface area contributed by atoms with Crippen LogP contribution < -0.4 is 0 Å². The number of hydrogen-bond donors (Lipinski definition) is 0. The third-order valence-corrected chi connectivity index (χ3v) is 10.1. The van der Waals surface area contributed by atoms with Crippen molar-refractivity contribution in [2.75, 3.05) is 0 Å². The van der Waals surface area contributed by atoms with Gasteiger partial charge < -0.3 is 0 Å². The lowest BCUT2D eigenvalue weighted by Gasteiger charge is -2.44. The zero-order chi connectivity index (χ0) is 17.4. The number of benzene rings is 2. The molecule has 2 aromatic rings. The minimum Gasteiger partial charge on any atom is -0.298 e. The highest BCUT2D eigenvalue weighted by atomic mass is 16.1. The highest BCUT2D eigenvalue weighted by Gasteiger charge is 2.70. The van der Waals surface area contributed by atoms with Crippen molar-refractivity contribution in [2.24, 2.45) is 47.3 Å². The van der Waals surface area contributed by atoms with Crippen molar-refractivity contribution in [1.29, 1.82) is 0 Å². The molecule has 1 heteroatoms. The van der Waals surface area contributed by atoms with Crippen LogP contribution in [0.1, 0.15) is 52.6 Å². The molecule has 6 aliphatic carbocycles. The first-order valence-corrected chi connectivity index (χ1v) is 11.0. The van der Waals surface area contributed by atoms with Gasteiger partial charge in [-0.05, 0) is 100 Å². The Hall–Kier alpha value is -1.89. The number of carbonyl (C=O) groups is 1. The Morgan fingerprint density at radius 2 is 1.52 bits per heavy atom. The molecule has 6 aliphatic rings. The Bertz CT molecular complexity index is 1060. The number of allylic oxidation sites excluding steroid dienone is 2. The van der Waals surface area contributed by atoms with Gasteiger partial charge in [0.25, 0.3) is 0 Å². The van der Waals surface area contributed by atoms with Crippen molar-refractivity contribution in [3.8, 4) is 0 Å². The number of rotatable bonds is 1. The zero-order valence-corrected chi connectivity index (χ0v) is 15.4. The molecule has 0 radical (unpaired) electrons.